The first kappa shape index (κ1) is 16.6. The van der Waals surface area contributed by atoms with Crippen molar-refractivity contribution in [3.8, 4) is 0 Å². The van der Waals surface area contributed by atoms with Crippen LogP contribution < -0.4 is 5.56 Å². The number of ether oxygens (including phenoxy) is 1. The fourth-order valence-corrected chi connectivity index (χ4v) is 3.41. The van der Waals surface area contributed by atoms with Crippen molar-refractivity contribution in [1.29, 1.82) is 0 Å². The second-order valence-corrected chi connectivity index (χ2v) is 6.21. The van der Waals surface area contributed by atoms with Gasteiger partial charge in [-0.25, -0.2) is 4.98 Å². The van der Waals surface area contributed by atoms with Gasteiger partial charge >= 0.3 is 0 Å². The minimum absolute atomic E-state index is 0.0925. The van der Waals surface area contributed by atoms with Gasteiger partial charge in [-0.15, -0.1) is 0 Å². The Labute approximate surface area is 139 Å². The summed E-state index contributed by atoms with van der Waals surface area (Å²) in [5.74, 6) is 1.06. The molecule has 1 fully saturated rings. The number of hydrogen-bond acceptors (Lipinski definition) is 5. The van der Waals surface area contributed by atoms with Gasteiger partial charge in [-0.3, -0.25) is 19.5 Å². The molecule has 3 rings (SSSR count). The van der Waals surface area contributed by atoms with Crippen LogP contribution in [0.15, 0.2) is 23.0 Å². The van der Waals surface area contributed by atoms with E-state index in [1.165, 1.54) is 18.6 Å². The maximum Gasteiger partial charge on any atom is 0.270 e. The van der Waals surface area contributed by atoms with Crippen LogP contribution in [0.3, 0.4) is 0 Å². The number of nitro groups is 1. The van der Waals surface area contributed by atoms with Crippen molar-refractivity contribution in [3.63, 3.8) is 0 Å². The van der Waals surface area contributed by atoms with Crippen LogP contribution in [0, 0.1) is 10.1 Å². The number of methoxy groups -OCH3 is 1. The molecule has 0 spiro atoms. The number of aromatic nitrogens is 2. The molecule has 7 heteroatoms. The van der Waals surface area contributed by atoms with Crippen molar-refractivity contribution in [2.75, 3.05) is 13.7 Å². The summed E-state index contributed by atoms with van der Waals surface area (Å²) < 4.78 is 6.77. The van der Waals surface area contributed by atoms with E-state index in [9.17, 15) is 14.9 Å². The lowest BCUT2D eigenvalue weighted by Crippen LogP contribution is -2.29. The maximum atomic E-state index is 12.9. The van der Waals surface area contributed by atoms with Gasteiger partial charge < -0.3 is 4.74 Å². The van der Waals surface area contributed by atoms with Gasteiger partial charge in [0, 0.05) is 25.2 Å². The first-order chi connectivity index (χ1) is 11.6. The molecule has 1 heterocycles. The predicted molar refractivity (Wildman–Crippen MR) is 90.4 cm³/mol. The fourth-order valence-electron chi connectivity index (χ4n) is 3.41. The molecule has 0 amide bonds. The Bertz CT molecular complexity index is 809. The van der Waals surface area contributed by atoms with Crippen LogP contribution in [-0.4, -0.2) is 28.2 Å². The first-order valence-electron chi connectivity index (χ1n) is 8.29. The number of non-ortho nitro benzene ring substituents is 1. The number of rotatable bonds is 5. The van der Waals surface area contributed by atoms with Crippen LogP contribution in [0.2, 0.25) is 0 Å². The molecule has 0 atom stereocenters. The van der Waals surface area contributed by atoms with Gasteiger partial charge in [0.25, 0.3) is 11.2 Å². The van der Waals surface area contributed by atoms with Gasteiger partial charge in [0.15, 0.2) is 0 Å². The van der Waals surface area contributed by atoms with Crippen LogP contribution >= 0.6 is 0 Å². The van der Waals surface area contributed by atoms with E-state index in [1.54, 1.807) is 17.7 Å². The number of nitro benzene ring substituents is 1. The van der Waals surface area contributed by atoms with Crippen LogP contribution in [0.1, 0.15) is 43.8 Å². The van der Waals surface area contributed by atoms with Gasteiger partial charge in [0.2, 0.25) is 0 Å². The Morgan fingerprint density at radius 2 is 2.08 bits per heavy atom. The SMILES string of the molecule is COCCn1c(C2CCCCC2)nc2ccc([N+](=O)[O-])cc2c1=O. The molecule has 24 heavy (non-hydrogen) atoms. The van der Waals surface area contributed by atoms with Crippen LogP contribution in [0.25, 0.3) is 10.9 Å². The first-order valence-corrected chi connectivity index (χ1v) is 8.29. The monoisotopic (exact) mass is 331 g/mol. The molecular weight excluding hydrogens is 310 g/mol. The van der Waals surface area contributed by atoms with Crippen molar-refractivity contribution in [3.05, 3.63) is 44.5 Å². The molecule has 0 aliphatic heterocycles. The lowest BCUT2D eigenvalue weighted by atomic mass is 9.88. The molecule has 1 saturated carbocycles. The summed E-state index contributed by atoms with van der Waals surface area (Å²) in [7, 11) is 1.59. The van der Waals surface area contributed by atoms with E-state index in [0.29, 0.717) is 24.1 Å². The molecule has 0 unspecified atom stereocenters. The number of hydrogen-bond donors (Lipinski definition) is 0. The minimum atomic E-state index is -0.493. The summed E-state index contributed by atoms with van der Waals surface area (Å²) in [5.41, 5.74) is 0.214. The topological polar surface area (TPSA) is 87.3 Å². The Balaban J connectivity index is 2.16. The van der Waals surface area contributed by atoms with Gasteiger partial charge in [-0.1, -0.05) is 19.3 Å². The standard InChI is InChI=1S/C17H21N3O4/c1-24-10-9-19-16(12-5-3-2-4-6-12)18-15-8-7-13(20(22)23)11-14(15)17(19)21/h7-8,11-12H,2-6,9-10H2,1H3. The molecule has 0 radical (unpaired) electrons. The third kappa shape index (κ3) is 3.17. The van der Waals surface area contributed by atoms with E-state index in [1.807, 2.05) is 0 Å². The van der Waals surface area contributed by atoms with Crippen molar-refractivity contribution in [2.45, 2.75) is 44.6 Å². The second-order valence-electron chi connectivity index (χ2n) is 6.21. The van der Waals surface area contributed by atoms with Gasteiger partial charge in [-0.2, -0.15) is 0 Å². The summed E-state index contributed by atoms with van der Waals surface area (Å²) in [6.45, 7) is 0.814. The quantitative estimate of drug-likeness (QED) is 0.621. The van der Waals surface area contributed by atoms with Crippen LogP contribution in [-0.2, 0) is 11.3 Å². The zero-order valence-electron chi connectivity index (χ0n) is 13.7. The highest BCUT2D eigenvalue weighted by atomic mass is 16.6. The van der Waals surface area contributed by atoms with Crippen molar-refractivity contribution in [1.82, 2.24) is 9.55 Å². The normalized spacial score (nSPS) is 15.7. The molecule has 2 aromatic rings. The molecule has 0 bridgehead atoms. The molecule has 128 valence electrons. The minimum Gasteiger partial charge on any atom is -0.383 e. The fraction of sp³-hybridized carbons (Fsp3) is 0.529. The van der Waals surface area contributed by atoms with E-state index in [2.05, 4.69) is 0 Å². The smallest absolute Gasteiger partial charge is 0.270 e. The third-order valence-electron chi connectivity index (χ3n) is 4.67. The zero-order chi connectivity index (χ0) is 17.1. The summed E-state index contributed by atoms with van der Waals surface area (Å²) in [4.78, 5) is 28.1. The highest BCUT2D eigenvalue weighted by Crippen LogP contribution is 2.32. The Kier molecular flexibility index (Phi) is 4.89. The maximum absolute atomic E-state index is 12.9. The molecule has 1 aliphatic rings. The highest BCUT2D eigenvalue weighted by molar-refractivity contribution is 5.80. The largest absolute Gasteiger partial charge is 0.383 e. The molecule has 0 saturated heterocycles. The van der Waals surface area contributed by atoms with E-state index >= 15 is 0 Å². The highest BCUT2D eigenvalue weighted by Gasteiger charge is 2.23. The van der Waals surface area contributed by atoms with Gasteiger partial charge in [0.1, 0.15) is 5.82 Å². The molecule has 1 aromatic carbocycles. The molecule has 7 nitrogen and oxygen atoms in total. The zero-order valence-corrected chi connectivity index (χ0v) is 13.7. The number of nitrogens with zero attached hydrogens (tertiary/aromatic N) is 3. The summed E-state index contributed by atoms with van der Waals surface area (Å²) >= 11 is 0. The Morgan fingerprint density at radius 3 is 2.75 bits per heavy atom. The average molecular weight is 331 g/mol. The van der Waals surface area contributed by atoms with Crippen molar-refractivity contribution in [2.24, 2.45) is 0 Å². The van der Waals surface area contributed by atoms with Crippen molar-refractivity contribution < 1.29 is 9.66 Å². The van der Waals surface area contributed by atoms with E-state index in [-0.39, 0.29) is 17.2 Å². The van der Waals surface area contributed by atoms with E-state index in [4.69, 9.17) is 9.72 Å². The molecule has 0 N–H and O–H groups in total. The van der Waals surface area contributed by atoms with Gasteiger partial charge in [-0.05, 0) is 18.9 Å². The Morgan fingerprint density at radius 1 is 1.33 bits per heavy atom. The van der Waals surface area contributed by atoms with Crippen molar-refractivity contribution >= 4 is 16.6 Å². The average Bonchev–Trinajstić information content (AvgIpc) is 2.61. The lowest BCUT2D eigenvalue weighted by molar-refractivity contribution is -0.384. The van der Waals surface area contributed by atoms with E-state index < -0.39 is 4.92 Å². The summed E-state index contributed by atoms with van der Waals surface area (Å²) in [6, 6.07) is 4.29. The van der Waals surface area contributed by atoms with E-state index in [0.717, 1.165) is 31.5 Å². The summed E-state index contributed by atoms with van der Waals surface area (Å²) in [6.07, 6.45) is 5.56. The Hall–Kier alpha value is -2.28. The lowest BCUT2D eigenvalue weighted by Gasteiger charge is -2.24. The third-order valence-corrected chi connectivity index (χ3v) is 4.67. The van der Waals surface area contributed by atoms with Crippen LogP contribution in [0.4, 0.5) is 5.69 Å². The molecule has 1 aromatic heterocycles. The number of benzene rings is 1. The predicted octanol–water partition coefficient (Wildman–Crippen LogP) is 3.00. The number of fused-ring (bicyclic) bond motifs is 1. The second kappa shape index (κ2) is 7.09. The molecular formula is C17H21N3O4. The van der Waals surface area contributed by atoms with Gasteiger partial charge in [0.05, 0.1) is 29.0 Å². The van der Waals surface area contributed by atoms with Crippen LogP contribution in [0.5, 0.6) is 0 Å². The summed E-state index contributed by atoms with van der Waals surface area (Å²) in [5, 5.41) is 11.3. The molecule has 1 aliphatic carbocycles.